The predicted octanol–water partition coefficient (Wildman–Crippen LogP) is 10.1. The minimum atomic E-state index is -0.288. The van der Waals surface area contributed by atoms with Crippen molar-refractivity contribution < 1.29 is 17.5 Å². The van der Waals surface area contributed by atoms with E-state index in [0.717, 1.165) is 64.4 Å². The molecule has 4 aromatic carbocycles. The Kier molecular flexibility index (Phi) is 12.1. The molecule has 1 saturated heterocycles. The monoisotopic (exact) mass is 677 g/mol. The SMILES string of the molecule is Cc1cc(C)c(N=C(c2ccc(F)cc2)N2[CH-]N(C(=Nc3c(C)cccc3C)c3ccccc3)CCC2)c(Cl)c1.[Cl][Fe+][Cl]. The van der Waals surface area contributed by atoms with Gasteiger partial charge in [-0.3, -0.25) is 0 Å². The Balaban J connectivity index is 0.00000135. The summed E-state index contributed by atoms with van der Waals surface area (Å²) < 4.78 is 13.9. The molecule has 0 N–H and O–H groups in total. The van der Waals surface area contributed by atoms with E-state index in [1.165, 1.54) is 12.1 Å². The molecule has 0 amide bonds. The maximum absolute atomic E-state index is 13.9. The van der Waals surface area contributed by atoms with Crippen LogP contribution >= 0.6 is 31.8 Å². The van der Waals surface area contributed by atoms with Crippen LogP contribution in [0.2, 0.25) is 5.02 Å². The Bertz CT molecular complexity index is 1550. The van der Waals surface area contributed by atoms with Gasteiger partial charge in [-0.05, 0) is 99.8 Å². The molecule has 5 rings (SSSR count). The van der Waals surface area contributed by atoms with Gasteiger partial charge in [0.2, 0.25) is 0 Å². The molecule has 0 radical (unpaired) electrons. The zero-order valence-electron chi connectivity index (χ0n) is 24.4. The summed E-state index contributed by atoms with van der Waals surface area (Å²) in [6.45, 7) is 11.8. The van der Waals surface area contributed by atoms with Gasteiger partial charge in [-0.1, -0.05) is 66.2 Å². The average Bonchev–Trinajstić information content (AvgIpc) is 2.98. The average molecular weight is 679 g/mol. The molecule has 1 aliphatic rings. The normalized spacial score (nSPS) is 14.0. The third-order valence-corrected chi connectivity index (χ3v) is 7.32. The van der Waals surface area contributed by atoms with Gasteiger partial charge < -0.3 is 9.80 Å². The van der Waals surface area contributed by atoms with Gasteiger partial charge in [0.15, 0.2) is 0 Å². The minimum absolute atomic E-state index is 0.194. The molecular formula is C34H33Cl3FFeN4. The first-order chi connectivity index (χ1) is 20.7. The summed E-state index contributed by atoms with van der Waals surface area (Å²) >= 11 is 6.88. The molecule has 1 heterocycles. The van der Waals surface area contributed by atoms with Crippen molar-refractivity contribution in [1.82, 2.24) is 9.80 Å². The zero-order chi connectivity index (χ0) is 30.9. The number of nitrogens with zero attached hydrogens (tertiary/aromatic N) is 4. The molecule has 0 bridgehead atoms. The second-order valence-electron chi connectivity index (χ2n) is 10.3. The number of benzene rings is 4. The van der Waals surface area contributed by atoms with E-state index in [-0.39, 0.29) is 19.0 Å². The molecule has 1 aliphatic heterocycles. The molecule has 43 heavy (non-hydrogen) atoms. The molecule has 0 unspecified atom stereocenters. The molecule has 0 spiro atoms. The van der Waals surface area contributed by atoms with Gasteiger partial charge in [-0.2, -0.15) is 6.67 Å². The number of amidine groups is 2. The molecular weight excluding hydrogens is 646 g/mol. The van der Waals surface area contributed by atoms with Crippen LogP contribution in [0.4, 0.5) is 15.8 Å². The number of rotatable bonds is 4. The van der Waals surface area contributed by atoms with Crippen molar-refractivity contribution in [2.24, 2.45) is 9.98 Å². The van der Waals surface area contributed by atoms with E-state index in [1.54, 1.807) is 12.1 Å². The Morgan fingerprint density at radius 1 is 0.721 bits per heavy atom. The molecule has 0 atom stereocenters. The van der Waals surface area contributed by atoms with Crippen molar-refractivity contribution in [3.63, 3.8) is 0 Å². The van der Waals surface area contributed by atoms with E-state index in [4.69, 9.17) is 41.8 Å². The van der Waals surface area contributed by atoms with Crippen molar-refractivity contribution in [2.75, 3.05) is 13.1 Å². The number of hydrogen-bond donors (Lipinski definition) is 0. The summed E-state index contributed by atoms with van der Waals surface area (Å²) in [4.78, 5) is 14.6. The van der Waals surface area contributed by atoms with Gasteiger partial charge in [0.25, 0.3) is 0 Å². The van der Waals surface area contributed by atoms with Crippen LogP contribution in [0.15, 0.2) is 94.9 Å². The first-order valence-corrected chi connectivity index (χ1v) is 17.2. The van der Waals surface area contributed by atoms with Gasteiger partial charge in [-0.25, -0.2) is 14.4 Å². The van der Waals surface area contributed by atoms with E-state index >= 15 is 0 Å². The van der Waals surface area contributed by atoms with Crippen molar-refractivity contribution in [3.8, 4) is 0 Å². The Morgan fingerprint density at radius 2 is 1.26 bits per heavy atom. The fourth-order valence-electron chi connectivity index (χ4n) is 5.04. The molecule has 225 valence electrons. The summed E-state index contributed by atoms with van der Waals surface area (Å²) in [7, 11) is 9.53. The quantitative estimate of drug-likeness (QED) is 0.0931. The van der Waals surface area contributed by atoms with E-state index in [9.17, 15) is 4.39 Å². The van der Waals surface area contributed by atoms with Crippen molar-refractivity contribution in [3.05, 3.63) is 136 Å². The fraction of sp³-hybridized carbons (Fsp3) is 0.206. The first kappa shape index (κ1) is 33.0. The molecule has 4 nitrogen and oxygen atoms in total. The Labute approximate surface area is 273 Å². The van der Waals surface area contributed by atoms with Gasteiger partial charge in [-0.15, -0.1) is 0 Å². The first-order valence-electron chi connectivity index (χ1n) is 13.8. The van der Waals surface area contributed by atoms with Gasteiger partial charge in [0, 0.05) is 11.1 Å². The topological polar surface area (TPSA) is 31.2 Å². The van der Waals surface area contributed by atoms with Crippen molar-refractivity contribution >= 4 is 54.8 Å². The Morgan fingerprint density at radius 3 is 1.81 bits per heavy atom. The maximum atomic E-state index is 13.9. The standard InChI is InChI=1S/C34H33ClFN4.2ClH.Fe/c1-23-20-26(4)32(30(35)21-23)38-34(28-14-16-29(36)17-15-28)40-19-9-18-39(22-40)33(27-12-6-5-7-13-27)37-31-24(2)10-8-11-25(31)3;;;/h5-8,10-17,20-22H,9,18-19H2,1-4H3;2*1H;/q-1;;;+3/p-2. The Hall–Kier alpha value is -2.86. The molecule has 9 heteroatoms. The molecule has 0 aliphatic carbocycles. The number of para-hydroxylation sites is 1. The van der Waals surface area contributed by atoms with Crippen LogP contribution in [0.3, 0.4) is 0 Å². The summed E-state index contributed by atoms with van der Waals surface area (Å²) in [5, 5.41) is 0.590. The predicted molar refractivity (Wildman–Crippen MR) is 176 cm³/mol. The summed E-state index contributed by atoms with van der Waals surface area (Å²) in [5.74, 6) is 1.28. The molecule has 0 aromatic heterocycles. The van der Waals surface area contributed by atoms with E-state index in [1.807, 2.05) is 38.1 Å². The zero-order valence-corrected chi connectivity index (χ0v) is 27.8. The number of aliphatic imine (C=N–C) groups is 2. The number of halogens is 4. The fourth-order valence-corrected chi connectivity index (χ4v) is 5.40. The summed E-state index contributed by atoms with van der Waals surface area (Å²) in [5.41, 5.74) is 7.84. The van der Waals surface area contributed by atoms with Gasteiger partial charge >= 0.3 is 33.3 Å². The third kappa shape index (κ3) is 8.62. The van der Waals surface area contributed by atoms with E-state index in [0.29, 0.717) is 16.5 Å². The summed E-state index contributed by atoms with van der Waals surface area (Å²) in [6.07, 6.45) is 0.885. The molecule has 4 aromatic rings. The van der Waals surface area contributed by atoms with E-state index in [2.05, 4.69) is 66.7 Å². The number of hydrogen-bond acceptors (Lipinski definition) is 2. The van der Waals surface area contributed by atoms with Crippen LogP contribution in [0.5, 0.6) is 0 Å². The van der Waals surface area contributed by atoms with Crippen LogP contribution in [0.25, 0.3) is 0 Å². The van der Waals surface area contributed by atoms with Gasteiger partial charge in [0.05, 0.1) is 16.4 Å². The summed E-state index contributed by atoms with van der Waals surface area (Å²) in [6, 6.07) is 27.0. The number of aryl methyl sites for hydroxylation is 4. The van der Waals surface area contributed by atoms with Crippen LogP contribution in [0, 0.1) is 40.2 Å². The second-order valence-corrected chi connectivity index (χ2v) is 12.5. The van der Waals surface area contributed by atoms with Crippen LogP contribution in [0.1, 0.15) is 39.8 Å². The second kappa shape index (κ2) is 15.7. The molecule has 0 saturated carbocycles. The van der Waals surface area contributed by atoms with Crippen molar-refractivity contribution in [2.45, 2.75) is 34.1 Å². The molecule has 1 fully saturated rings. The van der Waals surface area contributed by atoms with Crippen molar-refractivity contribution in [1.29, 1.82) is 0 Å². The van der Waals surface area contributed by atoms with Crippen LogP contribution in [-0.4, -0.2) is 34.6 Å². The van der Waals surface area contributed by atoms with Gasteiger partial charge in [0.1, 0.15) is 17.5 Å². The van der Waals surface area contributed by atoms with E-state index < -0.39 is 0 Å². The van der Waals surface area contributed by atoms with Crippen LogP contribution in [-0.2, 0) is 13.1 Å². The third-order valence-electron chi connectivity index (χ3n) is 7.03. The van der Waals surface area contributed by atoms with Crippen LogP contribution < -0.4 is 0 Å².